The molecule has 0 aliphatic rings. The van der Waals surface area contributed by atoms with Crippen LogP contribution in [0.3, 0.4) is 0 Å². The Labute approximate surface area is 67.0 Å². The zero-order valence-electron chi connectivity index (χ0n) is 7.11. The van der Waals surface area contributed by atoms with Gasteiger partial charge in [-0.2, -0.15) is 0 Å². The summed E-state index contributed by atoms with van der Waals surface area (Å²) in [7, 11) is -0.539. The van der Waals surface area contributed by atoms with Crippen LogP contribution in [-0.2, 0) is 14.0 Å². The number of hydrogen-bond donors (Lipinski definition) is 1. The summed E-state index contributed by atoms with van der Waals surface area (Å²) in [5.74, 6) is 0. The van der Waals surface area contributed by atoms with E-state index in [0.29, 0.717) is 6.42 Å². The molecule has 5 heteroatoms. The molecular formula is C6H15O4P. The van der Waals surface area contributed by atoms with E-state index in [1.54, 1.807) is 0 Å². The molecule has 0 aromatic rings. The fourth-order valence-corrected chi connectivity index (χ4v) is 2.36. The number of hydrogen-bond acceptors (Lipinski definition) is 3. The summed E-state index contributed by atoms with van der Waals surface area (Å²) in [6.07, 6.45) is 0.885. The highest BCUT2D eigenvalue weighted by molar-refractivity contribution is 7.58. The van der Waals surface area contributed by atoms with Gasteiger partial charge in [-0.15, -0.1) is 0 Å². The highest BCUT2D eigenvalue weighted by Gasteiger charge is 2.29. The van der Waals surface area contributed by atoms with Crippen LogP contribution in [0.5, 0.6) is 0 Å². The predicted octanol–water partition coefficient (Wildman–Crippen LogP) is 1.24. The second-order valence-corrected chi connectivity index (χ2v) is 4.64. The van der Waals surface area contributed by atoms with Crippen molar-refractivity contribution in [3.63, 3.8) is 0 Å². The lowest BCUT2D eigenvalue weighted by Gasteiger charge is -2.19. The van der Waals surface area contributed by atoms with E-state index in [1.165, 1.54) is 14.2 Å². The maximum atomic E-state index is 11.3. The summed E-state index contributed by atoms with van der Waals surface area (Å²) < 4.78 is 20.6. The summed E-state index contributed by atoms with van der Waals surface area (Å²) in [5, 5.41) is 0. The maximum absolute atomic E-state index is 11.3. The molecule has 0 rings (SSSR count). The summed E-state index contributed by atoms with van der Waals surface area (Å²) >= 11 is 0. The molecule has 1 unspecified atom stereocenters. The van der Waals surface area contributed by atoms with Gasteiger partial charge in [0.15, 0.2) is 0 Å². The van der Waals surface area contributed by atoms with Crippen molar-refractivity contribution in [3.05, 3.63) is 0 Å². The Balaban J connectivity index is 4.13. The fraction of sp³-hybridized carbons (Fsp3) is 1.00. The average molecular weight is 182 g/mol. The number of ether oxygens (including phenoxy) is 2. The minimum atomic E-state index is -3.25. The largest absolute Gasteiger partial charge is 0.348 e. The van der Waals surface area contributed by atoms with E-state index in [1.807, 2.05) is 6.92 Å². The van der Waals surface area contributed by atoms with Gasteiger partial charge in [-0.05, 0) is 6.42 Å². The lowest BCUT2D eigenvalue weighted by Crippen LogP contribution is -2.15. The monoisotopic (exact) mass is 182 g/mol. The summed E-state index contributed by atoms with van der Waals surface area (Å²) in [6.45, 7) is 1.84. The van der Waals surface area contributed by atoms with Crippen LogP contribution in [0.15, 0.2) is 0 Å². The van der Waals surface area contributed by atoms with Crippen molar-refractivity contribution in [2.24, 2.45) is 0 Å². The van der Waals surface area contributed by atoms with Gasteiger partial charge in [0, 0.05) is 20.4 Å². The quantitative estimate of drug-likeness (QED) is 0.513. The third-order valence-corrected chi connectivity index (χ3v) is 3.45. The summed E-state index contributed by atoms with van der Waals surface area (Å²) in [4.78, 5) is 9.28. The molecule has 0 aliphatic carbocycles. The Bertz CT molecular complexity index is 144. The van der Waals surface area contributed by atoms with Crippen LogP contribution in [-0.4, -0.2) is 31.3 Å². The molecule has 11 heavy (non-hydrogen) atoms. The van der Waals surface area contributed by atoms with Crippen LogP contribution in [0.25, 0.3) is 0 Å². The zero-order chi connectivity index (χ0) is 8.91. The molecule has 1 atom stereocenters. The number of methoxy groups -OCH3 is 2. The average Bonchev–Trinajstić information content (AvgIpc) is 1.89. The van der Waals surface area contributed by atoms with Crippen molar-refractivity contribution in [2.75, 3.05) is 20.4 Å². The second-order valence-electron chi connectivity index (χ2n) is 2.26. The van der Waals surface area contributed by atoms with Crippen molar-refractivity contribution in [3.8, 4) is 0 Å². The minimum Gasteiger partial charge on any atom is -0.348 e. The maximum Gasteiger partial charge on any atom is 0.255 e. The molecule has 68 valence electrons. The minimum absolute atomic E-state index is 0.235. The first-order valence-electron chi connectivity index (χ1n) is 3.45. The van der Waals surface area contributed by atoms with Gasteiger partial charge in [0.1, 0.15) is 0 Å². The molecule has 0 fully saturated rings. The lowest BCUT2D eigenvalue weighted by atomic mass is 10.6. The third kappa shape index (κ3) is 3.34. The Morgan fingerprint density at radius 2 is 1.91 bits per heavy atom. The first-order chi connectivity index (χ1) is 5.08. The summed E-state index contributed by atoms with van der Waals surface area (Å²) in [5.41, 5.74) is 0. The molecule has 0 saturated heterocycles. The van der Waals surface area contributed by atoms with Gasteiger partial charge in [-0.3, -0.25) is 4.57 Å². The zero-order valence-corrected chi connectivity index (χ0v) is 8.01. The van der Waals surface area contributed by atoms with Crippen molar-refractivity contribution in [1.82, 2.24) is 0 Å². The molecule has 0 heterocycles. The molecule has 0 aromatic heterocycles. The van der Waals surface area contributed by atoms with E-state index in [9.17, 15) is 9.46 Å². The van der Waals surface area contributed by atoms with Gasteiger partial charge in [0.25, 0.3) is 7.37 Å². The van der Waals surface area contributed by atoms with Crippen LogP contribution in [0.1, 0.15) is 13.3 Å². The molecule has 0 aromatic carbocycles. The van der Waals surface area contributed by atoms with Gasteiger partial charge >= 0.3 is 0 Å². The molecule has 1 N–H and O–H groups in total. The predicted molar refractivity (Wildman–Crippen MR) is 42.8 cm³/mol. The van der Waals surface area contributed by atoms with Crippen molar-refractivity contribution < 1.29 is 18.9 Å². The van der Waals surface area contributed by atoms with Crippen LogP contribution >= 0.6 is 7.37 Å². The fourth-order valence-electron chi connectivity index (χ4n) is 0.851. The van der Waals surface area contributed by atoms with E-state index in [2.05, 4.69) is 9.47 Å². The highest BCUT2D eigenvalue weighted by atomic mass is 31.2. The van der Waals surface area contributed by atoms with Crippen LogP contribution < -0.4 is 0 Å². The Morgan fingerprint density at radius 3 is 2.18 bits per heavy atom. The lowest BCUT2D eigenvalue weighted by molar-refractivity contribution is -0.0495. The van der Waals surface area contributed by atoms with Crippen LogP contribution in [0.4, 0.5) is 0 Å². The topological polar surface area (TPSA) is 55.8 Å². The molecular weight excluding hydrogens is 167 g/mol. The first-order valence-corrected chi connectivity index (χ1v) is 5.37. The molecule has 4 nitrogen and oxygen atoms in total. The van der Waals surface area contributed by atoms with E-state index >= 15 is 0 Å². The van der Waals surface area contributed by atoms with Gasteiger partial charge < -0.3 is 14.4 Å². The summed E-state index contributed by atoms with van der Waals surface area (Å²) in [6, 6.07) is -0.970. The van der Waals surface area contributed by atoms with Crippen molar-refractivity contribution in [2.45, 2.75) is 19.4 Å². The smallest absolute Gasteiger partial charge is 0.255 e. The van der Waals surface area contributed by atoms with Crippen molar-refractivity contribution in [1.29, 1.82) is 0 Å². The molecule has 0 bridgehead atoms. The molecule has 0 saturated carbocycles. The van der Waals surface area contributed by atoms with Crippen molar-refractivity contribution >= 4 is 7.37 Å². The van der Waals surface area contributed by atoms with E-state index in [4.69, 9.17) is 0 Å². The molecule has 0 radical (unpaired) electrons. The Hall–Kier alpha value is 0.110. The SMILES string of the molecule is CCCP(=O)(O)C(OC)OC. The Kier molecular flexibility index (Phi) is 4.93. The third-order valence-electron chi connectivity index (χ3n) is 1.28. The second kappa shape index (κ2) is 4.88. The van der Waals surface area contributed by atoms with E-state index in [-0.39, 0.29) is 6.16 Å². The normalized spacial score (nSPS) is 16.8. The Morgan fingerprint density at radius 1 is 1.45 bits per heavy atom. The standard InChI is InChI=1S/C6H15O4P/c1-4-5-11(7,8)6(9-2)10-3/h6H,4-5H2,1-3H3,(H,7,8). The van der Waals surface area contributed by atoms with Gasteiger partial charge in [-0.1, -0.05) is 6.92 Å². The number of rotatable bonds is 5. The molecule has 0 spiro atoms. The van der Waals surface area contributed by atoms with E-state index < -0.39 is 13.4 Å². The highest BCUT2D eigenvalue weighted by Crippen LogP contribution is 2.47. The van der Waals surface area contributed by atoms with Crippen LogP contribution in [0, 0.1) is 0 Å². The molecule has 0 aliphatic heterocycles. The van der Waals surface area contributed by atoms with E-state index in [0.717, 1.165) is 0 Å². The van der Waals surface area contributed by atoms with Gasteiger partial charge in [0.05, 0.1) is 0 Å². The molecule has 0 amide bonds. The van der Waals surface area contributed by atoms with Crippen LogP contribution in [0.2, 0.25) is 0 Å². The first kappa shape index (κ1) is 11.1. The van der Waals surface area contributed by atoms with Gasteiger partial charge in [-0.25, -0.2) is 0 Å². The van der Waals surface area contributed by atoms with Gasteiger partial charge in [0.2, 0.25) is 6.03 Å².